The minimum Gasteiger partial charge on any atom is -0.472 e. The predicted molar refractivity (Wildman–Crippen MR) is 137 cm³/mol. The van der Waals surface area contributed by atoms with Crippen LogP contribution >= 0.6 is 11.6 Å². The van der Waals surface area contributed by atoms with E-state index in [1.54, 1.807) is 0 Å². The molecule has 0 saturated carbocycles. The lowest BCUT2D eigenvalue weighted by Crippen LogP contribution is -2.52. The summed E-state index contributed by atoms with van der Waals surface area (Å²) in [5.74, 6) is -0.470. The fourth-order valence-electron chi connectivity index (χ4n) is 5.00. The maximum atomic E-state index is 12.0. The van der Waals surface area contributed by atoms with Crippen LogP contribution in [0.1, 0.15) is 56.9 Å². The fourth-order valence-corrected chi connectivity index (χ4v) is 5.19. The van der Waals surface area contributed by atoms with E-state index in [0.717, 1.165) is 22.4 Å². The molecule has 2 aliphatic heterocycles. The van der Waals surface area contributed by atoms with Crippen molar-refractivity contribution in [1.29, 1.82) is 5.26 Å². The highest BCUT2D eigenvalue weighted by Gasteiger charge is 2.47. The van der Waals surface area contributed by atoms with Crippen LogP contribution < -0.4 is 10.1 Å². The van der Waals surface area contributed by atoms with Crippen LogP contribution in [-0.4, -0.2) is 42.9 Å². The van der Waals surface area contributed by atoms with E-state index in [4.69, 9.17) is 35.8 Å². The lowest BCUT2D eigenvalue weighted by atomic mass is 9.83. The van der Waals surface area contributed by atoms with Gasteiger partial charge in [0.15, 0.2) is 0 Å². The number of anilines is 1. The average Bonchev–Trinajstić information content (AvgIpc) is 2.87. The monoisotopic (exact) mass is 526 g/mol. The number of hydrogen-bond donors (Lipinski definition) is 1. The van der Waals surface area contributed by atoms with E-state index >= 15 is 0 Å². The Bertz CT molecular complexity index is 1210. The largest absolute Gasteiger partial charge is 0.472 e. The van der Waals surface area contributed by atoms with Gasteiger partial charge in [-0.15, -0.1) is 0 Å². The number of rotatable bonds is 6. The average molecular weight is 527 g/mol. The van der Waals surface area contributed by atoms with Gasteiger partial charge in [-0.05, 0) is 47.7 Å². The minimum atomic E-state index is -0.642. The summed E-state index contributed by atoms with van der Waals surface area (Å²) in [6.45, 7) is 7.02. The van der Waals surface area contributed by atoms with Crippen LogP contribution in [0.2, 0.25) is 5.02 Å². The molecule has 0 aliphatic carbocycles. The van der Waals surface area contributed by atoms with Crippen LogP contribution in [0.25, 0.3) is 0 Å². The third-order valence-corrected chi connectivity index (χ3v) is 7.13. The number of nitrogens with zero attached hydrogens (tertiary/aromatic N) is 1. The minimum absolute atomic E-state index is 0.278. The Morgan fingerprint density at radius 1 is 1.14 bits per heavy atom. The molecule has 2 heterocycles. The molecule has 196 valence electrons. The maximum absolute atomic E-state index is 12.0. The van der Waals surface area contributed by atoms with Gasteiger partial charge >= 0.3 is 11.9 Å². The van der Waals surface area contributed by atoms with Crippen molar-refractivity contribution < 1.29 is 28.5 Å². The number of nitrogens with one attached hydrogen (secondary N) is 1. The third kappa shape index (κ3) is 6.00. The van der Waals surface area contributed by atoms with Crippen molar-refractivity contribution in [1.82, 2.24) is 0 Å². The van der Waals surface area contributed by atoms with Gasteiger partial charge in [-0.1, -0.05) is 43.6 Å². The van der Waals surface area contributed by atoms with Crippen molar-refractivity contribution in [3.63, 3.8) is 0 Å². The van der Waals surface area contributed by atoms with Gasteiger partial charge in [-0.2, -0.15) is 5.26 Å². The molecule has 9 heteroatoms. The summed E-state index contributed by atoms with van der Waals surface area (Å²) in [5, 5.41) is 13.0. The van der Waals surface area contributed by atoms with Crippen LogP contribution in [0.4, 0.5) is 5.69 Å². The molecule has 2 aromatic carbocycles. The molecule has 0 radical (unpaired) electrons. The van der Waals surface area contributed by atoms with E-state index in [1.807, 2.05) is 50.2 Å². The molecule has 1 saturated heterocycles. The molecule has 0 bridgehead atoms. The Morgan fingerprint density at radius 2 is 1.86 bits per heavy atom. The summed E-state index contributed by atoms with van der Waals surface area (Å²) in [5.41, 5.74) is 3.56. The first kappa shape index (κ1) is 26.8. The second kappa shape index (κ2) is 11.4. The summed E-state index contributed by atoms with van der Waals surface area (Å²) in [6, 6.07) is 13.6. The summed E-state index contributed by atoms with van der Waals surface area (Å²) in [7, 11) is 0. The van der Waals surface area contributed by atoms with Crippen LogP contribution in [0, 0.1) is 17.2 Å². The summed E-state index contributed by atoms with van der Waals surface area (Å²) < 4.78 is 23.4. The molecule has 8 nitrogen and oxygen atoms in total. The molecule has 6 atom stereocenters. The molecule has 3 unspecified atom stereocenters. The molecule has 1 fully saturated rings. The zero-order valence-electron chi connectivity index (χ0n) is 21.3. The quantitative estimate of drug-likeness (QED) is 0.525. The first-order valence-electron chi connectivity index (χ1n) is 12.4. The zero-order valence-corrected chi connectivity index (χ0v) is 22.1. The van der Waals surface area contributed by atoms with Gasteiger partial charge in [0, 0.05) is 24.8 Å². The van der Waals surface area contributed by atoms with E-state index in [2.05, 4.69) is 11.4 Å². The Morgan fingerprint density at radius 3 is 2.54 bits per heavy atom. The Hall–Kier alpha value is -3.28. The highest BCUT2D eigenvalue weighted by Crippen LogP contribution is 2.41. The molecule has 37 heavy (non-hydrogen) atoms. The molecule has 4 rings (SSSR count). The van der Waals surface area contributed by atoms with Crippen LogP contribution in [0.5, 0.6) is 5.75 Å². The lowest BCUT2D eigenvalue weighted by molar-refractivity contribution is -0.223. The van der Waals surface area contributed by atoms with Crippen molar-refractivity contribution >= 4 is 29.2 Å². The summed E-state index contributed by atoms with van der Waals surface area (Å²) in [6.07, 6.45) is -1.40. The summed E-state index contributed by atoms with van der Waals surface area (Å²) >= 11 is 6.59. The fraction of sp³-hybridized carbons (Fsp3) is 0.464. The van der Waals surface area contributed by atoms with E-state index < -0.39 is 36.4 Å². The molecule has 0 amide bonds. The molecular weight excluding hydrogens is 496 g/mol. The topological polar surface area (TPSA) is 107 Å². The Balaban J connectivity index is 1.62. The second-order valence-electron chi connectivity index (χ2n) is 9.49. The van der Waals surface area contributed by atoms with E-state index in [-0.39, 0.29) is 12.0 Å². The number of halogens is 1. The Labute approximate surface area is 221 Å². The number of ether oxygens (including phenoxy) is 4. The number of nitriles is 1. The van der Waals surface area contributed by atoms with Crippen LogP contribution in [0.3, 0.4) is 0 Å². The Kier molecular flexibility index (Phi) is 8.25. The zero-order chi connectivity index (χ0) is 26.7. The summed E-state index contributed by atoms with van der Waals surface area (Å²) in [4.78, 5) is 23.7. The lowest BCUT2D eigenvalue weighted by Gasteiger charge is -2.44. The third-order valence-electron chi connectivity index (χ3n) is 6.76. The van der Waals surface area contributed by atoms with E-state index in [0.29, 0.717) is 30.2 Å². The van der Waals surface area contributed by atoms with Crippen molar-refractivity contribution in [3.8, 4) is 11.8 Å². The van der Waals surface area contributed by atoms with E-state index in [1.165, 1.54) is 13.8 Å². The SMILES string of the molecule is CC[C@H]1O[C@@H](c2ccc(Cl)c(Cc3ccc4c(c3)NCC(C#N)O4)c2)C(OC(C)=O)[C@@H](C)C1OC(C)=O. The second-order valence-corrected chi connectivity index (χ2v) is 9.89. The van der Waals surface area contributed by atoms with Gasteiger partial charge in [-0.25, -0.2) is 0 Å². The highest BCUT2D eigenvalue weighted by molar-refractivity contribution is 6.31. The van der Waals surface area contributed by atoms with Crippen molar-refractivity contribution in [2.75, 3.05) is 11.9 Å². The number of hydrogen-bond acceptors (Lipinski definition) is 8. The number of benzene rings is 2. The maximum Gasteiger partial charge on any atom is 0.303 e. The van der Waals surface area contributed by atoms with Crippen molar-refractivity contribution in [3.05, 3.63) is 58.1 Å². The normalized spacial score (nSPS) is 26.6. The van der Waals surface area contributed by atoms with Crippen molar-refractivity contribution in [2.45, 2.75) is 71.1 Å². The molecule has 0 aromatic heterocycles. The van der Waals surface area contributed by atoms with Gasteiger partial charge in [0.2, 0.25) is 6.10 Å². The smallest absolute Gasteiger partial charge is 0.303 e. The van der Waals surface area contributed by atoms with E-state index in [9.17, 15) is 9.59 Å². The van der Waals surface area contributed by atoms with Gasteiger partial charge < -0.3 is 24.3 Å². The molecular formula is C28H31ClN2O6. The van der Waals surface area contributed by atoms with Gasteiger partial charge in [0.1, 0.15) is 30.1 Å². The number of carbonyl (C=O) groups excluding carboxylic acids is 2. The van der Waals surface area contributed by atoms with Crippen LogP contribution in [-0.2, 0) is 30.2 Å². The first-order chi connectivity index (χ1) is 17.7. The number of carbonyl (C=O) groups is 2. The highest BCUT2D eigenvalue weighted by atomic mass is 35.5. The van der Waals surface area contributed by atoms with Gasteiger partial charge in [0.05, 0.1) is 18.3 Å². The predicted octanol–water partition coefficient (Wildman–Crippen LogP) is 4.98. The first-order valence-corrected chi connectivity index (χ1v) is 12.8. The molecule has 2 aromatic rings. The van der Waals surface area contributed by atoms with Crippen LogP contribution in [0.15, 0.2) is 36.4 Å². The van der Waals surface area contributed by atoms with Gasteiger partial charge in [-0.3, -0.25) is 9.59 Å². The number of esters is 2. The van der Waals surface area contributed by atoms with Gasteiger partial charge in [0.25, 0.3) is 0 Å². The number of fused-ring (bicyclic) bond motifs is 1. The molecule has 0 spiro atoms. The van der Waals surface area contributed by atoms with Crippen molar-refractivity contribution in [2.24, 2.45) is 5.92 Å². The molecule has 2 aliphatic rings. The molecule has 1 N–H and O–H groups in total. The standard InChI is InChI=1S/C28H31ClN2O6/c1-5-24-26(34-16(3)32)15(2)27(35-17(4)33)28(37-24)19-7-8-22(29)20(12-19)10-18-6-9-25-23(11-18)31-14-21(13-30)36-25/h6-9,11-12,15,21,24,26-28,31H,5,10,14H2,1-4H3/t15-,21?,24+,26?,27?,28-/m0/s1.